The van der Waals surface area contributed by atoms with E-state index in [0.29, 0.717) is 38.0 Å². The molecule has 36 heavy (non-hydrogen) atoms. The topological polar surface area (TPSA) is 69.9 Å². The van der Waals surface area contributed by atoms with Gasteiger partial charge in [0.2, 0.25) is 0 Å². The number of nitrogens with zero attached hydrogens (tertiary/aromatic N) is 2. The number of halogens is 3. The quantitative estimate of drug-likeness (QED) is 0.248. The molecule has 0 spiro atoms. The van der Waals surface area contributed by atoms with Crippen molar-refractivity contribution >= 4 is 66.8 Å². The Kier molecular flexibility index (Phi) is 8.34. The van der Waals surface area contributed by atoms with E-state index in [9.17, 15) is 9.59 Å². The fourth-order valence-corrected chi connectivity index (χ4v) is 6.47. The zero-order valence-corrected chi connectivity index (χ0v) is 24.1. The molecule has 0 saturated carbocycles. The van der Waals surface area contributed by atoms with Gasteiger partial charge < -0.3 is 9.47 Å². The van der Waals surface area contributed by atoms with E-state index in [1.54, 1.807) is 54.8 Å². The maximum absolute atomic E-state index is 13.7. The van der Waals surface area contributed by atoms with Crippen LogP contribution in [-0.2, 0) is 9.53 Å². The van der Waals surface area contributed by atoms with Gasteiger partial charge in [-0.3, -0.25) is 9.36 Å². The molecule has 3 aromatic rings. The van der Waals surface area contributed by atoms with Crippen LogP contribution in [0.2, 0.25) is 5.02 Å². The second-order valence-corrected chi connectivity index (χ2v) is 10.9. The Labute approximate surface area is 233 Å². The van der Waals surface area contributed by atoms with E-state index in [0.717, 1.165) is 20.1 Å². The third-order valence-electron chi connectivity index (χ3n) is 5.37. The normalized spacial score (nSPS) is 15.4. The van der Waals surface area contributed by atoms with Gasteiger partial charge in [0.1, 0.15) is 12.4 Å². The second-order valence-electron chi connectivity index (χ2n) is 7.77. The fourth-order valence-electron chi connectivity index (χ4n) is 3.85. The highest BCUT2D eigenvalue weighted by molar-refractivity contribution is 9.11. The monoisotopic (exact) mass is 650 g/mol. The molecule has 1 unspecified atom stereocenters. The number of hydrogen-bond donors (Lipinski definition) is 0. The predicted octanol–water partition coefficient (Wildman–Crippen LogP) is 5.54. The van der Waals surface area contributed by atoms with Crippen molar-refractivity contribution in [2.45, 2.75) is 19.9 Å². The lowest BCUT2D eigenvalue weighted by Gasteiger charge is -2.24. The van der Waals surface area contributed by atoms with Gasteiger partial charge in [0.25, 0.3) is 5.56 Å². The summed E-state index contributed by atoms with van der Waals surface area (Å²) in [6.07, 6.45) is 3.45. The van der Waals surface area contributed by atoms with Crippen molar-refractivity contribution in [3.63, 3.8) is 0 Å². The van der Waals surface area contributed by atoms with Gasteiger partial charge in [-0.2, -0.15) is 0 Å². The second kappa shape index (κ2) is 11.3. The first-order valence-corrected chi connectivity index (χ1v) is 13.7. The summed E-state index contributed by atoms with van der Waals surface area (Å²) in [6.45, 7) is 7.74. The first-order chi connectivity index (χ1) is 17.2. The highest BCUT2D eigenvalue weighted by Crippen LogP contribution is 2.35. The summed E-state index contributed by atoms with van der Waals surface area (Å²) in [5, 5.41) is 0.557. The molecule has 0 fully saturated rings. The number of esters is 1. The van der Waals surface area contributed by atoms with Crippen LogP contribution in [0.4, 0.5) is 0 Å². The van der Waals surface area contributed by atoms with Crippen LogP contribution in [-0.4, -0.2) is 23.8 Å². The largest absolute Gasteiger partial charge is 0.487 e. The standard InChI is InChI=1S/C26H21Br2ClN2O4S/c1-4-10-35-23-18(27)11-15(12-19(23)28)13-20-24(32)31-22(16-6-8-17(29)9-7-16)21(25(33)34-5-2)14(3)30-26(31)36-20/h4,6-9,11-13,22H,1,5,10H2,2-3H3/b20-13-. The van der Waals surface area contributed by atoms with Gasteiger partial charge in [0, 0.05) is 5.02 Å². The number of hydrogen-bond acceptors (Lipinski definition) is 6. The van der Waals surface area contributed by atoms with Crippen LogP contribution >= 0.6 is 54.8 Å². The lowest BCUT2D eigenvalue weighted by atomic mass is 9.96. The molecule has 2 aromatic carbocycles. The van der Waals surface area contributed by atoms with Crippen LogP contribution in [0.3, 0.4) is 0 Å². The number of aromatic nitrogens is 1. The van der Waals surface area contributed by atoms with E-state index in [1.165, 1.54) is 11.3 Å². The van der Waals surface area contributed by atoms with E-state index in [1.807, 2.05) is 12.1 Å². The molecule has 186 valence electrons. The van der Waals surface area contributed by atoms with Gasteiger partial charge in [0.15, 0.2) is 4.80 Å². The lowest BCUT2D eigenvalue weighted by molar-refractivity contribution is -0.139. The minimum atomic E-state index is -0.687. The van der Waals surface area contributed by atoms with Gasteiger partial charge in [-0.15, -0.1) is 0 Å². The molecule has 0 aliphatic carbocycles. The molecule has 10 heteroatoms. The van der Waals surface area contributed by atoms with Crippen LogP contribution in [0.5, 0.6) is 5.75 Å². The molecular weight excluding hydrogens is 632 g/mol. The van der Waals surface area contributed by atoms with Crippen molar-refractivity contribution < 1.29 is 14.3 Å². The van der Waals surface area contributed by atoms with Crippen molar-refractivity contribution in [3.05, 3.63) is 105 Å². The van der Waals surface area contributed by atoms with E-state index < -0.39 is 12.0 Å². The number of thiazole rings is 1. The third kappa shape index (κ3) is 5.29. The number of allylic oxidation sites excluding steroid dienone is 1. The van der Waals surface area contributed by atoms with Crippen LogP contribution in [0.25, 0.3) is 6.08 Å². The number of benzene rings is 2. The zero-order valence-electron chi connectivity index (χ0n) is 19.4. The van der Waals surface area contributed by atoms with Crippen molar-refractivity contribution in [2.24, 2.45) is 4.99 Å². The zero-order chi connectivity index (χ0) is 26.0. The van der Waals surface area contributed by atoms with Crippen LogP contribution < -0.4 is 19.6 Å². The summed E-state index contributed by atoms with van der Waals surface area (Å²) in [6, 6.07) is 10.1. The average Bonchev–Trinajstić information content (AvgIpc) is 3.12. The molecule has 0 amide bonds. The summed E-state index contributed by atoms with van der Waals surface area (Å²) in [4.78, 5) is 31.7. The van der Waals surface area contributed by atoms with Gasteiger partial charge in [-0.05, 0) is 87.2 Å². The molecule has 4 rings (SSSR count). The predicted molar refractivity (Wildman–Crippen MR) is 149 cm³/mol. The average molecular weight is 653 g/mol. The molecule has 0 N–H and O–H groups in total. The maximum atomic E-state index is 13.7. The molecule has 6 nitrogen and oxygen atoms in total. The Morgan fingerprint density at radius 3 is 2.53 bits per heavy atom. The Morgan fingerprint density at radius 1 is 1.25 bits per heavy atom. The molecule has 1 aliphatic rings. The first kappa shape index (κ1) is 26.6. The van der Waals surface area contributed by atoms with Crippen molar-refractivity contribution in [2.75, 3.05) is 13.2 Å². The van der Waals surface area contributed by atoms with E-state index in [-0.39, 0.29) is 12.2 Å². The Morgan fingerprint density at radius 2 is 1.92 bits per heavy atom. The smallest absolute Gasteiger partial charge is 0.338 e. The van der Waals surface area contributed by atoms with Gasteiger partial charge in [0.05, 0.1) is 37.4 Å². The molecule has 0 saturated heterocycles. The molecule has 0 radical (unpaired) electrons. The molecule has 2 heterocycles. The van der Waals surface area contributed by atoms with E-state index >= 15 is 0 Å². The van der Waals surface area contributed by atoms with Crippen LogP contribution in [0.15, 0.2) is 79.1 Å². The summed E-state index contributed by atoms with van der Waals surface area (Å²) in [7, 11) is 0. The van der Waals surface area contributed by atoms with Crippen molar-refractivity contribution in [3.8, 4) is 5.75 Å². The van der Waals surface area contributed by atoms with Gasteiger partial charge >= 0.3 is 5.97 Å². The molecular formula is C26H21Br2ClN2O4S. The Hall–Kier alpha value is -2.46. The minimum absolute atomic E-state index is 0.212. The van der Waals surface area contributed by atoms with Gasteiger partial charge in [-0.25, -0.2) is 9.79 Å². The van der Waals surface area contributed by atoms with Crippen LogP contribution in [0, 0.1) is 0 Å². The number of fused-ring (bicyclic) bond motifs is 1. The van der Waals surface area contributed by atoms with Crippen molar-refractivity contribution in [1.29, 1.82) is 0 Å². The van der Waals surface area contributed by atoms with Gasteiger partial charge in [-0.1, -0.05) is 47.7 Å². The van der Waals surface area contributed by atoms with E-state index in [2.05, 4.69) is 43.4 Å². The molecule has 0 bridgehead atoms. The van der Waals surface area contributed by atoms with Crippen LogP contribution in [0.1, 0.15) is 31.0 Å². The highest BCUT2D eigenvalue weighted by atomic mass is 79.9. The number of carbonyl (C=O) groups is 1. The summed E-state index contributed by atoms with van der Waals surface area (Å²) in [5.41, 5.74) is 2.10. The highest BCUT2D eigenvalue weighted by Gasteiger charge is 2.33. The molecule has 1 atom stereocenters. The summed E-state index contributed by atoms with van der Waals surface area (Å²) >= 11 is 14.4. The Bertz CT molecular complexity index is 1530. The lowest BCUT2D eigenvalue weighted by Crippen LogP contribution is -2.39. The first-order valence-electron chi connectivity index (χ1n) is 10.9. The van der Waals surface area contributed by atoms with Crippen molar-refractivity contribution in [1.82, 2.24) is 4.57 Å². The molecule has 1 aliphatic heterocycles. The SMILES string of the molecule is C=CCOc1c(Br)cc(/C=c2\sc3n(c2=O)C(c2ccc(Cl)cc2)C(C(=O)OCC)=C(C)N=3)cc1Br. The minimum Gasteiger partial charge on any atom is -0.487 e. The number of ether oxygens (including phenoxy) is 2. The Balaban J connectivity index is 1.89. The van der Waals surface area contributed by atoms with E-state index in [4.69, 9.17) is 21.1 Å². The molecule has 1 aromatic heterocycles. The summed E-state index contributed by atoms with van der Waals surface area (Å²) in [5.74, 6) is 0.141. The maximum Gasteiger partial charge on any atom is 0.338 e. The number of carbonyl (C=O) groups excluding carboxylic acids is 1. The summed E-state index contributed by atoms with van der Waals surface area (Å²) < 4.78 is 14.5. The fraction of sp³-hybridized carbons (Fsp3) is 0.192. The number of rotatable bonds is 7. The third-order valence-corrected chi connectivity index (χ3v) is 7.78.